The number of hydrogen-bond donors (Lipinski definition) is 3. The highest BCUT2D eigenvalue weighted by atomic mass is 32.1. The highest BCUT2D eigenvalue weighted by Gasteiger charge is 2.14. The van der Waals surface area contributed by atoms with Crippen molar-refractivity contribution in [2.24, 2.45) is 0 Å². The van der Waals surface area contributed by atoms with E-state index in [2.05, 4.69) is 22.9 Å². The number of carbonyl (C=O) groups excluding carboxylic acids is 2. The first-order valence-corrected chi connectivity index (χ1v) is 10.1. The van der Waals surface area contributed by atoms with E-state index < -0.39 is 0 Å². The fraction of sp³-hybridized carbons (Fsp3) is 0.318. The van der Waals surface area contributed by atoms with Crippen molar-refractivity contribution in [3.8, 4) is 5.75 Å². The topological polar surface area (TPSA) is 79.5 Å². The molecule has 0 spiro atoms. The molecule has 0 unspecified atom stereocenters. The zero-order valence-electron chi connectivity index (χ0n) is 16.8. The summed E-state index contributed by atoms with van der Waals surface area (Å²) in [6, 6.07) is 13.9. The molecule has 0 aromatic heterocycles. The van der Waals surface area contributed by atoms with Gasteiger partial charge >= 0.3 is 0 Å². The van der Waals surface area contributed by atoms with Gasteiger partial charge in [-0.3, -0.25) is 14.9 Å². The smallest absolute Gasteiger partial charge is 0.261 e. The van der Waals surface area contributed by atoms with Crippen LogP contribution in [0.15, 0.2) is 48.5 Å². The number of nitrogens with one attached hydrogen (secondary N) is 3. The number of anilines is 1. The van der Waals surface area contributed by atoms with Crippen LogP contribution >= 0.6 is 12.2 Å². The molecule has 0 heterocycles. The molecule has 0 aliphatic heterocycles. The first-order chi connectivity index (χ1) is 14.0. The number of unbranched alkanes of at least 4 members (excludes halogenated alkanes) is 3. The van der Waals surface area contributed by atoms with Gasteiger partial charge in [0.25, 0.3) is 11.8 Å². The average Bonchev–Trinajstić information content (AvgIpc) is 2.73. The number of ether oxygens (including phenoxy) is 1. The highest BCUT2D eigenvalue weighted by Crippen LogP contribution is 2.19. The van der Waals surface area contributed by atoms with Gasteiger partial charge in [0.2, 0.25) is 0 Å². The maximum atomic E-state index is 12.6. The lowest BCUT2D eigenvalue weighted by molar-refractivity contribution is 0.0958. The second kappa shape index (κ2) is 11.8. The molecule has 0 saturated carbocycles. The summed E-state index contributed by atoms with van der Waals surface area (Å²) in [7, 11) is 1.57. The van der Waals surface area contributed by atoms with Crippen molar-refractivity contribution >= 4 is 34.8 Å². The van der Waals surface area contributed by atoms with Crippen LogP contribution in [0.2, 0.25) is 0 Å². The van der Waals surface area contributed by atoms with Gasteiger partial charge in [0.15, 0.2) is 5.11 Å². The molecular weight excluding hydrogens is 386 g/mol. The highest BCUT2D eigenvalue weighted by molar-refractivity contribution is 7.80. The molecule has 2 rings (SSSR count). The monoisotopic (exact) mass is 413 g/mol. The normalized spacial score (nSPS) is 10.1. The van der Waals surface area contributed by atoms with Crippen LogP contribution in [0.5, 0.6) is 5.75 Å². The van der Waals surface area contributed by atoms with E-state index in [0.29, 0.717) is 29.2 Å². The van der Waals surface area contributed by atoms with Gasteiger partial charge in [0.05, 0.1) is 12.2 Å². The summed E-state index contributed by atoms with van der Waals surface area (Å²) in [5.74, 6) is -0.0198. The SMILES string of the molecule is CCCCCCOc1ccccc1C(=O)NC(=S)Nc1cccc(C(=O)NC)c1. The third-order valence-electron chi connectivity index (χ3n) is 4.22. The molecule has 0 aliphatic carbocycles. The second-order valence-corrected chi connectivity index (χ2v) is 6.88. The van der Waals surface area contributed by atoms with Crippen LogP contribution in [-0.4, -0.2) is 30.6 Å². The van der Waals surface area contributed by atoms with Crippen LogP contribution in [0.25, 0.3) is 0 Å². The minimum Gasteiger partial charge on any atom is -0.493 e. The zero-order valence-corrected chi connectivity index (χ0v) is 17.6. The Kier molecular flexibility index (Phi) is 9.11. The largest absolute Gasteiger partial charge is 0.493 e. The molecule has 0 saturated heterocycles. The van der Waals surface area contributed by atoms with Crippen LogP contribution < -0.4 is 20.7 Å². The summed E-state index contributed by atoms with van der Waals surface area (Å²) >= 11 is 5.24. The van der Waals surface area contributed by atoms with Crippen molar-refractivity contribution in [1.29, 1.82) is 0 Å². The van der Waals surface area contributed by atoms with Gasteiger partial charge in [0.1, 0.15) is 5.75 Å². The fourth-order valence-corrected chi connectivity index (χ4v) is 2.92. The van der Waals surface area contributed by atoms with E-state index >= 15 is 0 Å². The fourth-order valence-electron chi connectivity index (χ4n) is 2.71. The predicted molar refractivity (Wildman–Crippen MR) is 120 cm³/mol. The summed E-state index contributed by atoms with van der Waals surface area (Å²) < 4.78 is 5.79. The van der Waals surface area contributed by atoms with E-state index in [9.17, 15) is 9.59 Å². The van der Waals surface area contributed by atoms with Crippen LogP contribution in [0.1, 0.15) is 53.3 Å². The number of amides is 2. The number of carbonyl (C=O) groups is 2. The van der Waals surface area contributed by atoms with Gasteiger partial charge < -0.3 is 15.4 Å². The van der Waals surface area contributed by atoms with Crippen molar-refractivity contribution in [2.45, 2.75) is 32.6 Å². The van der Waals surface area contributed by atoms with E-state index in [4.69, 9.17) is 17.0 Å². The van der Waals surface area contributed by atoms with Crippen molar-refractivity contribution in [1.82, 2.24) is 10.6 Å². The van der Waals surface area contributed by atoms with E-state index in [0.717, 1.165) is 19.3 Å². The zero-order chi connectivity index (χ0) is 21.1. The summed E-state index contributed by atoms with van der Waals surface area (Å²) in [6.07, 6.45) is 4.39. The molecule has 0 aliphatic rings. The van der Waals surface area contributed by atoms with Gasteiger partial charge in [-0.15, -0.1) is 0 Å². The summed E-state index contributed by atoms with van der Waals surface area (Å²) in [5, 5.41) is 8.29. The molecule has 154 valence electrons. The van der Waals surface area contributed by atoms with E-state index in [-0.39, 0.29) is 16.9 Å². The van der Waals surface area contributed by atoms with Gasteiger partial charge in [-0.25, -0.2) is 0 Å². The number of para-hydroxylation sites is 1. The van der Waals surface area contributed by atoms with Gasteiger partial charge in [0, 0.05) is 18.3 Å². The Bertz CT molecular complexity index is 855. The van der Waals surface area contributed by atoms with E-state index in [1.807, 2.05) is 6.07 Å². The number of benzene rings is 2. The lowest BCUT2D eigenvalue weighted by atomic mass is 10.2. The minimum absolute atomic E-state index is 0.141. The van der Waals surface area contributed by atoms with Gasteiger partial charge in [-0.2, -0.15) is 0 Å². The quantitative estimate of drug-likeness (QED) is 0.425. The van der Waals surface area contributed by atoms with Gasteiger partial charge in [-0.05, 0) is 49.0 Å². The van der Waals surface area contributed by atoms with Crippen molar-refractivity contribution < 1.29 is 14.3 Å². The Labute approximate surface area is 177 Å². The molecule has 2 amide bonds. The molecule has 0 atom stereocenters. The van der Waals surface area contributed by atoms with Crippen LogP contribution in [-0.2, 0) is 0 Å². The first-order valence-electron chi connectivity index (χ1n) is 9.71. The molecule has 6 nitrogen and oxygen atoms in total. The predicted octanol–water partition coefficient (Wildman–Crippen LogP) is 4.13. The van der Waals surface area contributed by atoms with Crippen molar-refractivity contribution in [3.63, 3.8) is 0 Å². The Balaban J connectivity index is 1.96. The first kappa shape index (κ1) is 22.4. The minimum atomic E-state index is -0.353. The van der Waals surface area contributed by atoms with Crippen LogP contribution in [0.3, 0.4) is 0 Å². The molecular formula is C22H27N3O3S. The third kappa shape index (κ3) is 7.19. The Morgan fingerprint density at radius 2 is 1.79 bits per heavy atom. The second-order valence-electron chi connectivity index (χ2n) is 6.47. The molecule has 29 heavy (non-hydrogen) atoms. The van der Waals surface area contributed by atoms with Crippen LogP contribution in [0.4, 0.5) is 5.69 Å². The van der Waals surface area contributed by atoms with E-state index in [1.54, 1.807) is 49.5 Å². The average molecular weight is 414 g/mol. The Morgan fingerprint density at radius 3 is 2.55 bits per heavy atom. The molecule has 2 aromatic carbocycles. The Morgan fingerprint density at radius 1 is 1.00 bits per heavy atom. The number of rotatable bonds is 9. The molecule has 2 aromatic rings. The summed E-state index contributed by atoms with van der Waals surface area (Å²) in [4.78, 5) is 24.4. The van der Waals surface area contributed by atoms with Crippen molar-refractivity contribution in [2.75, 3.05) is 19.0 Å². The lowest BCUT2D eigenvalue weighted by Crippen LogP contribution is -2.34. The number of hydrogen-bond acceptors (Lipinski definition) is 4. The standard InChI is InChI=1S/C22H27N3O3S/c1-3-4-5-8-14-28-19-13-7-6-12-18(19)21(27)25-22(29)24-17-11-9-10-16(15-17)20(26)23-2/h6-7,9-13,15H,3-5,8,14H2,1-2H3,(H,23,26)(H2,24,25,27,29). The lowest BCUT2D eigenvalue weighted by Gasteiger charge is -2.13. The maximum Gasteiger partial charge on any atom is 0.261 e. The van der Waals surface area contributed by atoms with Gasteiger partial charge in [-0.1, -0.05) is 44.4 Å². The maximum absolute atomic E-state index is 12.6. The van der Waals surface area contributed by atoms with E-state index in [1.165, 1.54) is 6.42 Å². The molecule has 3 N–H and O–H groups in total. The van der Waals surface area contributed by atoms with Crippen LogP contribution in [0, 0.1) is 0 Å². The molecule has 0 radical (unpaired) electrons. The third-order valence-corrected chi connectivity index (χ3v) is 4.43. The number of thiocarbonyl (C=S) groups is 1. The molecule has 0 fully saturated rings. The molecule has 0 bridgehead atoms. The molecule has 7 heteroatoms. The summed E-state index contributed by atoms with van der Waals surface area (Å²) in [6.45, 7) is 2.73. The summed E-state index contributed by atoms with van der Waals surface area (Å²) in [5.41, 5.74) is 1.52. The van der Waals surface area contributed by atoms with Crippen molar-refractivity contribution in [3.05, 3.63) is 59.7 Å². The Hall–Kier alpha value is -2.93.